The Morgan fingerprint density at radius 1 is 1.13 bits per heavy atom. The highest BCUT2D eigenvalue weighted by molar-refractivity contribution is 4.86. The molecule has 2 heteroatoms. The quantitative estimate of drug-likeness (QED) is 0.774. The minimum absolute atomic E-state index is 0.673. The first-order valence-corrected chi connectivity index (χ1v) is 6.75. The molecule has 0 aromatic carbocycles. The molecule has 2 fully saturated rings. The Morgan fingerprint density at radius 2 is 1.87 bits per heavy atom. The fourth-order valence-electron chi connectivity index (χ4n) is 3.40. The summed E-state index contributed by atoms with van der Waals surface area (Å²) in [6.45, 7) is 5.83. The van der Waals surface area contributed by atoms with Crippen molar-refractivity contribution in [3.05, 3.63) is 0 Å². The highest BCUT2D eigenvalue weighted by Gasteiger charge is 2.31. The van der Waals surface area contributed by atoms with Gasteiger partial charge in [-0.3, -0.25) is 4.90 Å². The second-order valence-electron chi connectivity index (χ2n) is 5.57. The van der Waals surface area contributed by atoms with Crippen LogP contribution in [-0.2, 0) is 0 Å². The molecule has 0 spiro atoms. The third-order valence-corrected chi connectivity index (χ3v) is 4.46. The number of nitrogens with two attached hydrogens (primary N) is 1. The van der Waals surface area contributed by atoms with E-state index in [1.807, 2.05) is 0 Å². The van der Waals surface area contributed by atoms with Gasteiger partial charge in [-0.1, -0.05) is 26.2 Å². The molecule has 0 amide bonds. The van der Waals surface area contributed by atoms with Gasteiger partial charge in [0.2, 0.25) is 0 Å². The van der Waals surface area contributed by atoms with Gasteiger partial charge in [0.05, 0.1) is 0 Å². The van der Waals surface area contributed by atoms with Gasteiger partial charge >= 0.3 is 0 Å². The van der Waals surface area contributed by atoms with E-state index in [-0.39, 0.29) is 0 Å². The van der Waals surface area contributed by atoms with Crippen LogP contribution >= 0.6 is 0 Å². The van der Waals surface area contributed by atoms with Crippen molar-refractivity contribution in [2.24, 2.45) is 17.6 Å². The zero-order valence-electron chi connectivity index (χ0n) is 10.1. The van der Waals surface area contributed by atoms with Crippen LogP contribution in [0.1, 0.15) is 45.4 Å². The van der Waals surface area contributed by atoms with E-state index in [9.17, 15) is 0 Å². The zero-order chi connectivity index (χ0) is 10.7. The number of nitrogens with zero attached hydrogens (tertiary/aromatic N) is 1. The molecule has 1 aliphatic carbocycles. The number of hydrogen-bond donors (Lipinski definition) is 1. The molecule has 2 nitrogen and oxygen atoms in total. The molecule has 2 atom stereocenters. The first kappa shape index (κ1) is 11.4. The van der Waals surface area contributed by atoms with Crippen molar-refractivity contribution >= 4 is 0 Å². The molecule has 2 aliphatic rings. The lowest BCUT2D eigenvalue weighted by atomic mass is 9.88. The summed E-state index contributed by atoms with van der Waals surface area (Å²) in [5, 5.41) is 0. The van der Waals surface area contributed by atoms with E-state index in [1.54, 1.807) is 0 Å². The summed E-state index contributed by atoms with van der Waals surface area (Å²) in [6.07, 6.45) is 8.66. The smallest absolute Gasteiger partial charge is 0.0244 e. The highest BCUT2D eigenvalue weighted by Crippen LogP contribution is 2.29. The average Bonchev–Trinajstić information content (AvgIpc) is 2.61. The van der Waals surface area contributed by atoms with Crippen molar-refractivity contribution < 1.29 is 0 Å². The third kappa shape index (κ3) is 2.73. The van der Waals surface area contributed by atoms with E-state index in [0.29, 0.717) is 6.04 Å². The molecule has 1 heterocycles. The van der Waals surface area contributed by atoms with Crippen molar-refractivity contribution in [2.45, 2.75) is 51.5 Å². The highest BCUT2D eigenvalue weighted by atomic mass is 15.2. The van der Waals surface area contributed by atoms with E-state index in [2.05, 4.69) is 11.8 Å². The second-order valence-corrected chi connectivity index (χ2v) is 5.57. The van der Waals surface area contributed by atoms with Crippen molar-refractivity contribution in [1.29, 1.82) is 0 Å². The molecule has 0 bridgehead atoms. The van der Waals surface area contributed by atoms with Gasteiger partial charge in [0.25, 0.3) is 0 Å². The van der Waals surface area contributed by atoms with Crippen LogP contribution in [-0.4, -0.2) is 30.6 Å². The predicted octanol–water partition coefficient (Wildman–Crippen LogP) is 2.24. The Hall–Kier alpha value is -0.0800. The van der Waals surface area contributed by atoms with Crippen LogP contribution < -0.4 is 5.73 Å². The standard InChI is InChI=1S/C13H26N2/c1-11-7-8-15(13(11)9-14)10-12-5-3-2-4-6-12/h11-13H,2-10,14H2,1H3. The average molecular weight is 210 g/mol. The Kier molecular flexibility index (Phi) is 4.04. The lowest BCUT2D eigenvalue weighted by Crippen LogP contribution is -2.41. The molecular formula is C13H26N2. The maximum atomic E-state index is 5.88. The SMILES string of the molecule is CC1CCN(CC2CCCCC2)C1CN. The Morgan fingerprint density at radius 3 is 2.53 bits per heavy atom. The Labute approximate surface area is 94.2 Å². The van der Waals surface area contributed by atoms with Crippen LogP contribution in [0.25, 0.3) is 0 Å². The number of hydrogen-bond acceptors (Lipinski definition) is 2. The molecule has 2 N–H and O–H groups in total. The molecular weight excluding hydrogens is 184 g/mol. The Bertz CT molecular complexity index is 187. The van der Waals surface area contributed by atoms with Crippen LogP contribution in [0, 0.1) is 11.8 Å². The van der Waals surface area contributed by atoms with Gasteiger partial charge in [0.1, 0.15) is 0 Å². The fourth-order valence-corrected chi connectivity index (χ4v) is 3.40. The lowest BCUT2D eigenvalue weighted by Gasteiger charge is -2.31. The molecule has 1 saturated heterocycles. The molecule has 0 aromatic heterocycles. The van der Waals surface area contributed by atoms with Crippen molar-refractivity contribution in [3.63, 3.8) is 0 Å². The summed E-state index contributed by atoms with van der Waals surface area (Å²) in [5.74, 6) is 1.79. The Balaban J connectivity index is 1.82. The van der Waals surface area contributed by atoms with E-state index >= 15 is 0 Å². The molecule has 2 unspecified atom stereocenters. The fraction of sp³-hybridized carbons (Fsp3) is 1.00. The number of likely N-dealkylation sites (tertiary alicyclic amines) is 1. The van der Waals surface area contributed by atoms with Gasteiger partial charge < -0.3 is 5.73 Å². The largest absolute Gasteiger partial charge is 0.329 e. The van der Waals surface area contributed by atoms with Gasteiger partial charge in [-0.15, -0.1) is 0 Å². The van der Waals surface area contributed by atoms with Gasteiger partial charge in [0.15, 0.2) is 0 Å². The second kappa shape index (κ2) is 5.31. The van der Waals surface area contributed by atoms with Crippen LogP contribution in [0.5, 0.6) is 0 Å². The van der Waals surface area contributed by atoms with Crippen molar-refractivity contribution in [3.8, 4) is 0 Å². The summed E-state index contributed by atoms with van der Waals surface area (Å²) in [4.78, 5) is 2.67. The minimum Gasteiger partial charge on any atom is -0.329 e. The maximum absolute atomic E-state index is 5.88. The van der Waals surface area contributed by atoms with Crippen molar-refractivity contribution in [1.82, 2.24) is 4.90 Å². The first-order valence-electron chi connectivity index (χ1n) is 6.75. The molecule has 0 radical (unpaired) electrons. The van der Waals surface area contributed by atoms with Crippen molar-refractivity contribution in [2.75, 3.05) is 19.6 Å². The lowest BCUT2D eigenvalue weighted by molar-refractivity contribution is 0.178. The van der Waals surface area contributed by atoms with Gasteiger partial charge in [-0.2, -0.15) is 0 Å². The molecule has 88 valence electrons. The first-order chi connectivity index (χ1) is 7.31. The van der Waals surface area contributed by atoms with E-state index in [4.69, 9.17) is 5.73 Å². The molecule has 1 aliphatic heterocycles. The monoisotopic (exact) mass is 210 g/mol. The van der Waals surface area contributed by atoms with E-state index in [1.165, 1.54) is 51.6 Å². The molecule has 1 saturated carbocycles. The minimum atomic E-state index is 0.673. The molecule has 2 rings (SSSR count). The van der Waals surface area contributed by atoms with Gasteiger partial charge in [-0.05, 0) is 37.6 Å². The third-order valence-electron chi connectivity index (χ3n) is 4.46. The van der Waals surface area contributed by atoms with Crippen LogP contribution in [0.4, 0.5) is 0 Å². The van der Waals surface area contributed by atoms with Gasteiger partial charge in [0, 0.05) is 19.1 Å². The molecule has 15 heavy (non-hydrogen) atoms. The number of rotatable bonds is 3. The maximum Gasteiger partial charge on any atom is 0.0244 e. The topological polar surface area (TPSA) is 29.3 Å². The normalized spacial score (nSPS) is 34.8. The predicted molar refractivity (Wildman–Crippen MR) is 64.8 cm³/mol. The molecule has 0 aromatic rings. The van der Waals surface area contributed by atoms with Crippen LogP contribution in [0.3, 0.4) is 0 Å². The summed E-state index contributed by atoms with van der Waals surface area (Å²) in [7, 11) is 0. The zero-order valence-corrected chi connectivity index (χ0v) is 10.1. The van der Waals surface area contributed by atoms with Crippen LogP contribution in [0.15, 0.2) is 0 Å². The van der Waals surface area contributed by atoms with E-state index < -0.39 is 0 Å². The summed E-state index contributed by atoms with van der Waals surface area (Å²) >= 11 is 0. The van der Waals surface area contributed by atoms with Gasteiger partial charge in [-0.25, -0.2) is 0 Å². The summed E-state index contributed by atoms with van der Waals surface area (Å²) in [6, 6.07) is 0.673. The summed E-state index contributed by atoms with van der Waals surface area (Å²) < 4.78 is 0. The summed E-state index contributed by atoms with van der Waals surface area (Å²) in [5.41, 5.74) is 5.88. The van der Waals surface area contributed by atoms with E-state index in [0.717, 1.165) is 18.4 Å². The van der Waals surface area contributed by atoms with Crippen LogP contribution in [0.2, 0.25) is 0 Å².